The lowest BCUT2D eigenvalue weighted by atomic mass is 10.1. The van der Waals surface area contributed by atoms with Crippen LogP contribution in [0.3, 0.4) is 0 Å². The zero-order chi connectivity index (χ0) is 19.1. The number of hydrogen-bond acceptors (Lipinski definition) is 4. The molecule has 3 aromatic rings. The van der Waals surface area contributed by atoms with Gasteiger partial charge < -0.3 is 20.4 Å². The molecule has 0 bridgehead atoms. The fourth-order valence-electron chi connectivity index (χ4n) is 3.28. The van der Waals surface area contributed by atoms with E-state index in [-0.39, 0.29) is 30.3 Å². The van der Waals surface area contributed by atoms with Crippen LogP contribution in [0.15, 0.2) is 42.5 Å². The topological polar surface area (TPSA) is 68.9 Å². The van der Waals surface area contributed by atoms with Crippen LogP contribution in [0.2, 0.25) is 0 Å². The van der Waals surface area contributed by atoms with E-state index in [1.807, 2.05) is 36.4 Å². The number of aromatic nitrogens is 1. The van der Waals surface area contributed by atoms with Crippen molar-refractivity contribution in [2.45, 2.75) is 6.42 Å². The fourth-order valence-corrected chi connectivity index (χ4v) is 3.76. The molecule has 0 aliphatic heterocycles. The first kappa shape index (κ1) is 28.8. The van der Waals surface area contributed by atoms with Gasteiger partial charge in [-0.1, -0.05) is 18.2 Å². The van der Waals surface area contributed by atoms with Gasteiger partial charge in [-0.15, -0.1) is 48.0 Å². The number of para-hydroxylation sites is 1. The second-order valence-electron chi connectivity index (χ2n) is 6.39. The third kappa shape index (κ3) is 7.19. The fraction of sp³-hybridized carbons (Fsp3) is 0.381. The van der Waals surface area contributed by atoms with Crippen LogP contribution >= 0.6 is 48.0 Å². The minimum absolute atomic E-state index is 0. The quantitative estimate of drug-likeness (QED) is 0.243. The van der Waals surface area contributed by atoms with Crippen LogP contribution in [-0.4, -0.2) is 60.4 Å². The Balaban J connectivity index is 0.00000280. The third-order valence-corrected chi connectivity index (χ3v) is 4.98. The number of nitrogens with one attached hydrogen (secondary N) is 1. The zero-order valence-corrected chi connectivity index (χ0v) is 20.0. The van der Waals surface area contributed by atoms with Crippen LogP contribution in [0.4, 0.5) is 5.69 Å². The molecule has 1 heterocycles. The molecule has 2 aromatic carbocycles. The Hall–Kier alpha value is -1.21. The van der Waals surface area contributed by atoms with Crippen LogP contribution in [0.1, 0.15) is 6.42 Å². The van der Waals surface area contributed by atoms with Crippen LogP contribution in [0.5, 0.6) is 5.75 Å². The van der Waals surface area contributed by atoms with Gasteiger partial charge in [0, 0.05) is 42.2 Å². The Kier molecular flexibility index (Phi) is 14.1. The first-order chi connectivity index (χ1) is 13.3. The summed E-state index contributed by atoms with van der Waals surface area (Å²) in [4.78, 5) is 7.08. The summed E-state index contributed by atoms with van der Waals surface area (Å²) in [6, 6.07) is 14.2. The summed E-state index contributed by atoms with van der Waals surface area (Å²) >= 11 is 11.8. The molecule has 1 aromatic heterocycles. The highest BCUT2D eigenvalue weighted by molar-refractivity contribution is 6.18. The molecule has 0 aliphatic rings. The molecule has 0 saturated heterocycles. The highest BCUT2D eigenvalue weighted by Gasteiger charge is 2.10. The number of anilines is 1. The van der Waals surface area contributed by atoms with Crippen LogP contribution in [0, 0.1) is 0 Å². The second-order valence-corrected chi connectivity index (χ2v) is 7.14. The maximum atomic E-state index is 5.88. The lowest BCUT2D eigenvalue weighted by molar-refractivity contribution is 0.306. The molecule has 0 aliphatic carbocycles. The number of fused-ring (bicyclic) bond motifs is 2. The molecule has 0 spiro atoms. The van der Waals surface area contributed by atoms with Crippen molar-refractivity contribution in [1.82, 2.24) is 9.88 Å². The van der Waals surface area contributed by atoms with E-state index < -0.39 is 0 Å². The van der Waals surface area contributed by atoms with E-state index in [0.717, 1.165) is 65.8 Å². The Bertz CT molecular complexity index is 893. The summed E-state index contributed by atoms with van der Waals surface area (Å²) < 4.78 is 5.41. The monoisotopic (exact) mass is 495 g/mol. The van der Waals surface area contributed by atoms with E-state index >= 15 is 0 Å². The van der Waals surface area contributed by atoms with Gasteiger partial charge in [-0.25, -0.2) is 4.98 Å². The predicted molar refractivity (Wildman–Crippen MR) is 135 cm³/mol. The van der Waals surface area contributed by atoms with Crippen molar-refractivity contribution in [2.75, 3.05) is 50.4 Å². The highest BCUT2D eigenvalue weighted by atomic mass is 35.5. The average Bonchev–Trinajstić information content (AvgIpc) is 2.70. The molecule has 5 nitrogen and oxygen atoms in total. The number of rotatable bonds is 10. The van der Waals surface area contributed by atoms with Crippen LogP contribution < -0.4 is 10.1 Å². The standard InChI is InChI=1S/C21H25Cl2N3O.2ClH.H2O/c1-27-16-7-8-20-18(15-16)21(17-5-2-3-6-19(17)25-20)24-11-4-12-26(13-9-22)14-10-23;;;/h2-3,5-8,15H,4,9-14H2,1H3,(H,24,25);2*1H;1H2. The largest absolute Gasteiger partial charge is 0.497 e. The van der Waals surface area contributed by atoms with E-state index in [9.17, 15) is 0 Å². The molecule has 0 fully saturated rings. The van der Waals surface area contributed by atoms with Crippen molar-refractivity contribution in [2.24, 2.45) is 0 Å². The molecule has 3 rings (SSSR count). The molecule has 0 radical (unpaired) electrons. The SMILES string of the molecule is COc1ccc2nc3ccccc3c(NCCCN(CCCl)CCCl)c2c1.Cl.Cl.O. The molecule has 30 heavy (non-hydrogen) atoms. The van der Waals surface area contributed by atoms with Crippen molar-refractivity contribution in [3.8, 4) is 5.75 Å². The highest BCUT2D eigenvalue weighted by Crippen LogP contribution is 2.32. The maximum Gasteiger partial charge on any atom is 0.119 e. The Morgan fingerprint density at radius 1 is 0.933 bits per heavy atom. The Morgan fingerprint density at radius 3 is 2.27 bits per heavy atom. The number of hydrogen-bond donors (Lipinski definition) is 1. The summed E-state index contributed by atoms with van der Waals surface area (Å²) in [6.07, 6.45) is 1.01. The normalized spacial score (nSPS) is 10.3. The second kappa shape index (κ2) is 14.7. The predicted octanol–water partition coefficient (Wildman–Crippen LogP) is 5.00. The number of ether oxygens (including phenoxy) is 1. The molecule has 0 amide bonds. The van der Waals surface area contributed by atoms with E-state index in [1.165, 1.54) is 0 Å². The van der Waals surface area contributed by atoms with Crippen molar-refractivity contribution < 1.29 is 10.2 Å². The zero-order valence-electron chi connectivity index (χ0n) is 16.9. The molecule has 168 valence electrons. The van der Waals surface area contributed by atoms with Crippen molar-refractivity contribution in [1.29, 1.82) is 0 Å². The smallest absolute Gasteiger partial charge is 0.119 e. The van der Waals surface area contributed by atoms with E-state index in [4.69, 9.17) is 32.9 Å². The number of methoxy groups -OCH3 is 1. The van der Waals surface area contributed by atoms with E-state index in [1.54, 1.807) is 7.11 Å². The van der Waals surface area contributed by atoms with Gasteiger partial charge in [0.15, 0.2) is 0 Å². The number of halogens is 4. The van der Waals surface area contributed by atoms with Crippen molar-refractivity contribution in [3.05, 3.63) is 42.5 Å². The summed E-state index contributed by atoms with van der Waals surface area (Å²) in [5.41, 5.74) is 3.06. The lowest BCUT2D eigenvalue weighted by Gasteiger charge is -2.20. The van der Waals surface area contributed by atoms with Crippen molar-refractivity contribution in [3.63, 3.8) is 0 Å². The Morgan fingerprint density at radius 2 is 1.60 bits per heavy atom. The van der Waals surface area contributed by atoms with Gasteiger partial charge in [-0.2, -0.15) is 0 Å². The molecule has 0 unspecified atom stereocenters. The minimum atomic E-state index is 0. The molecule has 9 heteroatoms. The van der Waals surface area contributed by atoms with Gasteiger partial charge in [-0.3, -0.25) is 0 Å². The number of alkyl halides is 2. The molecular weight excluding hydrogens is 468 g/mol. The van der Waals surface area contributed by atoms with Gasteiger partial charge in [0.25, 0.3) is 0 Å². The molecule has 0 atom stereocenters. The first-order valence-electron chi connectivity index (χ1n) is 9.21. The molecule has 0 saturated carbocycles. The van der Waals surface area contributed by atoms with Crippen molar-refractivity contribution >= 4 is 75.5 Å². The van der Waals surface area contributed by atoms with E-state index in [2.05, 4.69) is 16.3 Å². The average molecular weight is 497 g/mol. The summed E-state index contributed by atoms with van der Waals surface area (Å²) in [7, 11) is 1.69. The van der Waals surface area contributed by atoms with Gasteiger partial charge in [0.2, 0.25) is 0 Å². The van der Waals surface area contributed by atoms with Gasteiger partial charge >= 0.3 is 0 Å². The number of benzene rings is 2. The number of nitrogens with zero attached hydrogens (tertiary/aromatic N) is 2. The summed E-state index contributed by atoms with van der Waals surface area (Å²) in [6.45, 7) is 3.57. The third-order valence-electron chi connectivity index (χ3n) is 4.64. The van der Waals surface area contributed by atoms with E-state index in [0.29, 0.717) is 11.8 Å². The molecule has 3 N–H and O–H groups in total. The minimum Gasteiger partial charge on any atom is -0.497 e. The van der Waals surface area contributed by atoms with Crippen LogP contribution in [0.25, 0.3) is 21.8 Å². The van der Waals surface area contributed by atoms with Gasteiger partial charge in [0.1, 0.15) is 5.75 Å². The lowest BCUT2D eigenvalue weighted by Crippen LogP contribution is -2.30. The summed E-state index contributed by atoms with van der Waals surface area (Å²) in [5.74, 6) is 2.09. The number of pyridine rings is 1. The summed E-state index contributed by atoms with van der Waals surface area (Å²) in [5, 5.41) is 5.83. The van der Waals surface area contributed by atoms with Crippen LogP contribution in [-0.2, 0) is 0 Å². The first-order valence-corrected chi connectivity index (χ1v) is 10.3. The maximum absolute atomic E-state index is 5.88. The molecular formula is C21H29Cl4N3O2. The van der Waals surface area contributed by atoms with Gasteiger partial charge in [0.05, 0.1) is 23.8 Å². The van der Waals surface area contributed by atoms with Gasteiger partial charge in [-0.05, 0) is 37.2 Å². The Labute approximate surface area is 200 Å².